The van der Waals surface area contributed by atoms with E-state index in [1.165, 1.54) is 6.92 Å². The Morgan fingerprint density at radius 1 is 1.21 bits per heavy atom. The van der Waals surface area contributed by atoms with Crippen LogP contribution >= 0.6 is 15.9 Å². The van der Waals surface area contributed by atoms with E-state index >= 15 is 0 Å². The van der Waals surface area contributed by atoms with Crippen molar-refractivity contribution in [3.63, 3.8) is 0 Å². The molecule has 1 aromatic heterocycles. The summed E-state index contributed by atoms with van der Waals surface area (Å²) >= 11 is 3.46. The molecular formula is C14H12BrNO3. The maximum absolute atomic E-state index is 11.6. The summed E-state index contributed by atoms with van der Waals surface area (Å²) in [6, 6.07) is 9.07. The van der Waals surface area contributed by atoms with Crippen molar-refractivity contribution in [2.45, 2.75) is 13.8 Å². The molecule has 0 aliphatic rings. The van der Waals surface area contributed by atoms with Gasteiger partial charge >= 0.3 is 0 Å². The first kappa shape index (κ1) is 13.5. The molecule has 1 N–H and O–H groups in total. The minimum atomic E-state index is -0.540. The molecule has 2 rings (SSSR count). The van der Waals surface area contributed by atoms with E-state index in [9.17, 15) is 9.59 Å². The van der Waals surface area contributed by atoms with Crippen molar-refractivity contribution in [1.82, 2.24) is 5.32 Å². The van der Waals surface area contributed by atoms with Gasteiger partial charge in [-0.15, -0.1) is 0 Å². The summed E-state index contributed by atoms with van der Waals surface area (Å²) in [5, 5.41) is 2.16. The fourth-order valence-corrected chi connectivity index (χ4v) is 2.33. The SMILES string of the molecule is CC(=O)NC(=O)c1ccc(-c2ccc(C)cc2Br)o1. The lowest BCUT2D eigenvalue weighted by atomic mass is 10.1. The molecule has 0 aliphatic carbocycles. The Bertz CT molecular complexity index is 646. The highest BCUT2D eigenvalue weighted by molar-refractivity contribution is 9.10. The second kappa shape index (κ2) is 5.40. The Balaban J connectivity index is 2.30. The third-order valence-electron chi connectivity index (χ3n) is 2.51. The van der Waals surface area contributed by atoms with E-state index in [2.05, 4.69) is 21.2 Å². The summed E-state index contributed by atoms with van der Waals surface area (Å²) in [4.78, 5) is 22.4. The fourth-order valence-electron chi connectivity index (χ4n) is 1.65. The Labute approximate surface area is 118 Å². The molecule has 0 atom stereocenters. The average molecular weight is 322 g/mol. The maximum Gasteiger partial charge on any atom is 0.293 e. The summed E-state index contributed by atoms with van der Waals surface area (Å²) in [5.74, 6) is -0.278. The summed E-state index contributed by atoms with van der Waals surface area (Å²) in [6.07, 6.45) is 0. The number of aryl methyl sites for hydroxylation is 1. The number of carbonyl (C=O) groups excluding carboxylic acids is 2. The van der Waals surface area contributed by atoms with Crippen LogP contribution in [0.1, 0.15) is 23.0 Å². The molecule has 0 bridgehead atoms. The van der Waals surface area contributed by atoms with Crippen molar-refractivity contribution in [2.75, 3.05) is 0 Å². The monoisotopic (exact) mass is 321 g/mol. The van der Waals surface area contributed by atoms with Crippen molar-refractivity contribution in [3.05, 3.63) is 46.1 Å². The quantitative estimate of drug-likeness (QED) is 0.923. The van der Waals surface area contributed by atoms with Gasteiger partial charge in [0.25, 0.3) is 5.91 Å². The summed E-state index contributed by atoms with van der Waals surface area (Å²) < 4.78 is 6.35. The fraction of sp³-hybridized carbons (Fsp3) is 0.143. The number of benzene rings is 1. The zero-order chi connectivity index (χ0) is 14.0. The smallest absolute Gasteiger partial charge is 0.293 e. The van der Waals surface area contributed by atoms with Crippen molar-refractivity contribution >= 4 is 27.7 Å². The minimum absolute atomic E-state index is 0.109. The zero-order valence-corrected chi connectivity index (χ0v) is 12.1. The number of rotatable bonds is 2. The largest absolute Gasteiger partial charge is 0.451 e. The molecule has 0 saturated heterocycles. The van der Waals surface area contributed by atoms with Gasteiger partial charge in [0.1, 0.15) is 5.76 Å². The summed E-state index contributed by atoms with van der Waals surface area (Å²) in [6.45, 7) is 3.26. The van der Waals surface area contributed by atoms with Gasteiger partial charge in [-0.2, -0.15) is 0 Å². The number of nitrogens with one attached hydrogen (secondary N) is 1. The molecule has 4 nitrogen and oxygen atoms in total. The van der Waals surface area contributed by atoms with Crippen LogP contribution in [-0.2, 0) is 4.79 Å². The third kappa shape index (κ3) is 3.12. The highest BCUT2D eigenvalue weighted by Crippen LogP contribution is 2.30. The predicted molar refractivity (Wildman–Crippen MR) is 74.7 cm³/mol. The first-order valence-corrected chi connectivity index (χ1v) is 6.45. The summed E-state index contributed by atoms with van der Waals surface area (Å²) in [5.41, 5.74) is 1.98. The molecule has 19 heavy (non-hydrogen) atoms. The molecule has 0 saturated carbocycles. The molecule has 2 amide bonds. The van der Waals surface area contributed by atoms with E-state index in [1.807, 2.05) is 25.1 Å². The van der Waals surface area contributed by atoms with Crippen LogP contribution in [0.3, 0.4) is 0 Å². The lowest BCUT2D eigenvalue weighted by Gasteiger charge is -2.02. The number of halogens is 1. The molecule has 1 aromatic carbocycles. The normalized spacial score (nSPS) is 10.3. The number of hydrogen-bond donors (Lipinski definition) is 1. The highest BCUT2D eigenvalue weighted by Gasteiger charge is 2.14. The Morgan fingerprint density at radius 3 is 2.58 bits per heavy atom. The number of furan rings is 1. The van der Waals surface area contributed by atoms with Crippen molar-refractivity contribution in [2.24, 2.45) is 0 Å². The first-order valence-electron chi connectivity index (χ1n) is 5.65. The molecule has 1 heterocycles. The topological polar surface area (TPSA) is 59.3 Å². The van der Waals surface area contributed by atoms with Gasteiger partial charge < -0.3 is 4.42 Å². The van der Waals surface area contributed by atoms with Crippen molar-refractivity contribution in [3.8, 4) is 11.3 Å². The Hall–Kier alpha value is -1.88. The second-order valence-corrected chi connectivity index (χ2v) is 5.01. The van der Waals surface area contributed by atoms with E-state index < -0.39 is 11.8 Å². The van der Waals surface area contributed by atoms with Gasteiger partial charge in [0.2, 0.25) is 5.91 Å². The van der Waals surface area contributed by atoms with Gasteiger partial charge in [-0.3, -0.25) is 14.9 Å². The minimum Gasteiger partial charge on any atom is -0.451 e. The standard InChI is InChI=1S/C14H12BrNO3/c1-8-3-4-10(11(15)7-8)12-5-6-13(19-12)14(18)16-9(2)17/h3-7H,1-2H3,(H,16,17,18). The van der Waals surface area contributed by atoms with E-state index in [4.69, 9.17) is 4.42 Å². The van der Waals surface area contributed by atoms with Crippen LogP contribution in [-0.4, -0.2) is 11.8 Å². The van der Waals surface area contributed by atoms with Crippen LogP contribution < -0.4 is 5.32 Å². The molecule has 98 valence electrons. The first-order chi connectivity index (χ1) is 8.97. The molecule has 0 spiro atoms. The van der Waals surface area contributed by atoms with E-state index in [1.54, 1.807) is 12.1 Å². The van der Waals surface area contributed by atoms with Crippen LogP contribution in [0.2, 0.25) is 0 Å². The molecule has 5 heteroatoms. The van der Waals surface area contributed by atoms with Crippen LogP contribution in [0.25, 0.3) is 11.3 Å². The molecular weight excluding hydrogens is 310 g/mol. The molecule has 2 aromatic rings. The van der Waals surface area contributed by atoms with E-state index in [-0.39, 0.29) is 5.76 Å². The number of amides is 2. The molecule has 0 fully saturated rings. The van der Waals surface area contributed by atoms with Crippen molar-refractivity contribution < 1.29 is 14.0 Å². The van der Waals surface area contributed by atoms with E-state index in [0.29, 0.717) is 5.76 Å². The molecule has 0 unspecified atom stereocenters. The molecule has 0 radical (unpaired) electrons. The van der Waals surface area contributed by atoms with Gasteiger partial charge in [-0.25, -0.2) is 0 Å². The lowest BCUT2D eigenvalue weighted by molar-refractivity contribution is -0.118. The van der Waals surface area contributed by atoms with Crippen LogP contribution in [0.4, 0.5) is 0 Å². The Kier molecular flexibility index (Phi) is 3.85. The lowest BCUT2D eigenvalue weighted by Crippen LogP contribution is -2.27. The van der Waals surface area contributed by atoms with Gasteiger partial charge in [0, 0.05) is 17.0 Å². The number of carbonyl (C=O) groups is 2. The number of imide groups is 1. The van der Waals surface area contributed by atoms with E-state index in [0.717, 1.165) is 15.6 Å². The highest BCUT2D eigenvalue weighted by atomic mass is 79.9. The zero-order valence-electron chi connectivity index (χ0n) is 10.5. The summed E-state index contributed by atoms with van der Waals surface area (Å²) in [7, 11) is 0. The van der Waals surface area contributed by atoms with Crippen LogP contribution in [0.5, 0.6) is 0 Å². The van der Waals surface area contributed by atoms with Gasteiger partial charge in [0.15, 0.2) is 5.76 Å². The van der Waals surface area contributed by atoms with Gasteiger partial charge in [-0.05, 0) is 36.8 Å². The Morgan fingerprint density at radius 2 is 1.95 bits per heavy atom. The van der Waals surface area contributed by atoms with Crippen LogP contribution in [0.15, 0.2) is 39.2 Å². The maximum atomic E-state index is 11.6. The molecule has 0 aliphatic heterocycles. The van der Waals surface area contributed by atoms with Crippen LogP contribution in [0, 0.1) is 6.92 Å². The van der Waals surface area contributed by atoms with Gasteiger partial charge in [-0.1, -0.05) is 22.0 Å². The second-order valence-electron chi connectivity index (χ2n) is 4.16. The average Bonchev–Trinajstić information content (AvgIpc) is 2.77. The van der Waals surface area contributed by atoms with Crippen molar-refractivity contribution in [1.29, 1.82) is 0 Å². The predicted octanol–water partition coefficient (Wildman–Crippen LogP) is 3.29. The van der Waals surface area contributed by atoms with Gasteiger partial charge in [0.05, 0.1) is 0 Å². The third-order valence-corrected chi connectivity index (χ3v) is 3.17. The number of hydrogen-bond acceptors (Lipinski definition) is 3.